The number of rotatable bonds is 8. The molecule has 0 aliphatic heterocycles. The van der Waals surface area contributed by atoms with Crippen LogP contribution >= 0.6 is 15.9 Å². The summed E-state index contributed by atoms with van der Waals surface area (Å²) in [5.74, 6) is 0. The highest BCUT2D eigenvalue weighted by Gasteiger charge is 2.00. The van der Waals surface area contributed by atoms with Crippen LogP contribution in [0.3, 0.4) is 0 Å². The molecule has 96 valence electrons. The first kappa shape index (κ1) is 14.7. The fourth-order valence-electron chi connectivity index (χ4n) is 1.72. The van der Waals surface area contributed by atoms with E-state index in [0.717, 1.165) is 30.7 Å². The van der Waals surface area contributed by atoms with E-state index in [1.165, 1.54) is 18.4 Å². The van der Waals surface area contributed by atoms with Crippen molar-refractivity contribution in [1.82, 2.24) is 10.2 Å². The van der Waals surface area contributed by atoms with Crippen LogP contribution in [0, 0.1) is 0 Å². The minimum absolute atomic E-state index is 1.01. The van der Waals surface area contributed by atoms with Crippen LogP contribution < -0.4 is 5.32 Å². The molecular weight excluding hydrogens is 276 g/mol. The minimum atomic E-state index is 1.01. The molecule has 0 radical (unpaired) electrons. The Morgan fingerprint density at radius 3 is 2.82 bits per heavy atom. The van der Waals surface area contributed by atoms with Crippen molar-refractivity contribution >= 4 is 15.9 Å². The van der Waals surface area contributed by atoms with Gasteiger partial charge in [-0.05, 0) is 37.7 Å². The molecular formula is C14H23BrN2. The molecule has 0 saturated carbocycles. The molecule has 0 bridgehead atoms. The summed E-state index contributed by atoms with van der Waals surface area (Å²) in [6.45, 7) is 6.54. The summed E-state index contributed by atoms with van der Waals surface area (Å²) in [7, 11) is 2.17. The van der Waals surface area contributed by atoms with Crippen LogP contribution in [-0.2, 0) is 6.54 Å². The third kappa shape index (κ3) is 6.81. The van der Waals surface area contributed by atoms with Crippen molar-refractivity contribution < 1.29 is 0 Å². The molecule has 0 atom stereocenters. The molecule has 1 N–H and O–H groups in total. The van der Waals surface area contributed by atoms with Gasteiger partial charge in [0.25, 0.3) is 0 Å². The molecule has 0 aliphatic carbocycles. The number of hydrogen-bond acceptors (Lipinski definition) is 2. The van der Waals surface area contributed by atoms with E-state index in [4.69, 9.17) is 0 Å². The van der Waals surface area contributed by atoms with Gasteiger partial charge in [0.15, 0.2) is 0 Å². The van der Waals surface area contributed by atoms with E-state index in [2.05, 4.69) is 64.4 Å². The van der Waals surface area contributed by atoms with Gasteiger partial charge in [-0.15, -0.1) is 0 Å². The van der Waals surface area contributed by atoms with Crippen LogP contribution in [0.15, 0.2) is 28.7 Å². The fourth-order valence-corrected chi connectivity index (χ4v) is 2.17. The van der Waals surface area contributed by atoms with Crippen molar-refractivity contribution in [3.63, 3.8) is 0 Å². The van der Waals surface area contributed by atoms with Gasteiger partial charge in [0.2, 0.25) is 0 Å². The first-order valence-corrected chi connectivity index (χ1v) is 7.15. The molecule has 0 saturated heterocycles. The minimum Gasteiger partial charge on any atom is -0.315 e. The van der Waals surface area contributed by atoms with Crippen LogP contribution in [0.1, 0.15) is 25.3 Å². The molecule has 3 heteroatoms. The lowest BCUT2D eigenvalue weighted by molar-refractivity contribution is 0.324. The predicted molar refractivity (Wildman–Crippen MR) is 78.3 cm³/mol. The highest BCUT2D eigenvalue weighted by Crippen LogP contribution is 2.12. The van der Waals surface area contributed by atoms with Gasteiger partial charge in [0, 0.05) is 24.1 Å². The topological polar surface area (TPSA) is 15.3 Å². The molecule has 1 aromatic carbocycles. The largest absolute Gasteiger partial charge is 0.315 e. The Bertz CT molecular complexity index is 315. The van der Waals surface area contributed by atoms with Crippen molar-refractivity contribution in [3.05, 3.63) is 34.3 Å². The number of hydrogen-bond donors (Lipinski definition) is 1. The van der Waals surface area contributed by atoms with Crippen LogP contribution in [-0.4, -0.2) is 31.6 Å². The molecule has 0 spiro atoms. The molecule has 0 unspecified atom stereocenters. The highest BCUT2D eigenvalue weighted by molar-refractivity contribution is 9.10. The van der Waals surface area contributed by atoms with E-state index >= 15 is 0 Å². The van der Waals surface area contributed by atoms with Gasteiger partial charge in [0.1, 0.15) is 0 Å². The van der Waals surface area contributed by atoms with Gasteiger partial charge in [-0.3, -0.25) is 0 Å². The van der Waals surface area contributed by atoms with Crippen molar-refractivity contribution in [2.45, 2.75) is 26.3 Å². The van der Waals surface area contributed by atoms with Gasteiger partial charge < -0.3 is 10.2 Å². The van der Waals surface area contributed by atoms with Gasteiger partial charge in [-0.25, -0.2) is 0 Å². The highest BCUT2D eigenvalue weighted by atomic mass is 79.9. The third-order valence-corrected chi connectivity index (χ3v) is 3.21. The van der Waals surface area contributed by atoms with E-state index in [-0.39, 0.29) is 0 Å². The first-order chi connectivity index (χ1) is 8.22. The third-order valence-electron chi connectivity index (χ3n) is 2.72. The predicted octanol–water partition coefficient (Wildman–Crippen LogP) is 3.27. The Hall–Kier alpha value is -0.380. The number of likely N-dealkylation sites (N-methyl/N-ethyl adjacent to an activating group) is 1. The van der Waals surface area contributed by atoms with Crippen molar-refractivity contribution in [2.24, 2.45) is 0 Å². The maximum absolute atomic E-state index is 3.50. The smallest absolute Gasteiger partial charge is 0.0231 e. The SMILES string of the molecule is CCCCNCCN(C)Cc1cccc(Br)c1. The fraction of sp³-hybridized carbons (Fsp3) is 0.571. The lowest BCUT2D eigenvalue weighted by Gasteiger charge is -2.17. The van der Waals surface area contributed by atoms with Gasteiger partial charge >= 0.3 is 0 Å². The lowest BCUT2D eigenvalue weighted by atomic mass is 10.2. The molecule has 0 aromatic heterocycles. The zero-order valence-electron chi connectivity index (χ0n) is 10.9. The molecule has 0 heterocycles. The molecule has 1 rings (SSSR count). The molecule has 1 aromatic rings. The molecule has 0 amide bonds. The summed E-state index contributed by atoms with van der Waals surface area (Å²) in [4.78, 5) is 2.35. The van der Waals surface area contributed by atoms with E-state index in [1.54, 1.807) is 0 Å². The summed E-state index contributed by atoms with van der Waals surface area (Å²) in [5.41, 5.74) is 1.36. The molecule has 0 aliphatic rings. The number of unbranched alkanes of at least 4 members (excludes halogenated alkanes) is 1. The summed E-state index contributed by atoms with van der Waals surface area (Å²) in [6, 6.07) is 8.51. The van der Waals surface area contributed by atoms with E-state index in [9.17, 15) is 0 Å². The average Bonchev–Trinajstić information content (AvgIpc) is 2.29. The zero-order valence-corrected chi connectivity index (χ0v) is 12.5. The summed E-state index contributed by atoms with van der Waals surface area (Å²) >= 11 is 3.50. The monoisotopic (exact) mass is 298 g/mol. The van der Waals surface area contributed by atoms with Crippen molar-refractivity contribution in [2.75, 3.05) is 26.7 Å². The Labute approximate surface area is 114 Å². The number of nitrogens with one attached hydrogen (secondary N) is 1. The second-order valence-corrected chi connectivity index (χ2v) is 5.39. The second kappa shape index (κ2) is 8.67. The molecule has 2 nitrogen and oxygen atoms in total. The number of halogens is 1. The maximum Gasteiger partial charge on any atom is 0.0231 e. The van der Waals surface area contributed by atoms with Gasteiger partial charge in [-0.2, -0.15) is 0 Å². The van der Waals surface area contributed by atoms with Crippen molar-refractivity contribution in [3.8, 4) is 0 Å². The molecule has 0 fully saturated rings. The second-order valence-electron chi connectivity index (χ2n) is 4.47. The summed E-state index contributed by atoms with van der Waals surface area (Å²) < 4.78 is 1.16. The Kier molecular flexibility index (Phi) is 7.49. The number of benzene rings is 1. The maximum atomic E-state index is 3.50. The van der Waals surface area contributed by atoms with E-state index < -0.39 is 0 Å². The quantitative estimate of drug-likeness (QED) is 0.741. The van der Waals surface area contributed by atoms with Crippen LogP contribution in [0.4, 0.5) is 0 Å². The van der Waals surface area contributed by atoms with Gasteiger partial charge in [0.05, 0.1) is 0 Å². The van der Waals surface area contributed by atoms with E-state index in [1.807, 2.05) is 0 Å². The van der Waals surface area contributed by atoms with Crippen LogP contribution in [0.2, 0.25) is 0 Å². The summed E-state index contributed by atoms with van der Waals surface area (Å²) in [6.07, 6.45) is 2.54. The van der Waals surface area contributed by atoms with E-state index in [0.29, 0.717) is 0 Å². The lowest BCUT2D eigenvalue weighted by Crippen LogP contribution is -2.29. The van der Waals surface area contributed by atoms with Crippen LogP contribution in [0.25, 0.3) is 0 Å². The standard InChI is InChI=1S/C14H23BrN2/c1-3-4-8-16-9-10-17(2)12-13-6-5-7-14(15)11-13/h5-7,11,16H,3-4,8-10,12H2,1-2H3. The summed E-state index contributed by atoms with van der Waals surface area (Å²) in [5, 5.41) is 3.46. The zero-order chi connectivity index (χ0) is 12.5. The van der Waals surface area contributed by atoms with Crippen molar-refractivity contribution in [1.29, 1.82) is 0 Å². The average molecular weight is 299 g/mol. The normalized spacial score (nSPS) is 11.1. The van der Waals surface area contributed by atoms with Crippen LogP contribution in [0.5, 0.6) is 0 Å². The Balaban J connectivity index is 2.18. The Morgan fingerprint density at radius 2 is 2.12 bits per heavy atom. The Morgan fingerprint density at radius 1 is 1.29 bits per heavy atom. The number of nitrogens with zero attached hydrogens (tertiary/aromatic N) is 1. The first-order valence-electron chi connectivity index (χ1n) is 6.36. The van der Waals surface area contributed by atoms with Gasteiger partial charge in [-0.1, -0.05) is 41.4 Å². The molecule has 17 heavy (non-hydrogen) atoms.